The van der Waals surface area contributed by atoms with Gasteiger partial charge in [-0.15, -0.1) is 0 Å². The molecule has 0 radical (unpaired) electrons. The molecule has 0 unspecified atom stereocenters. The maximum absolute atomic E-state index is 8.90. The van der Waals surface area contributed by atoms with Gasteiger partial charge in [-0.2, -0.15) is 0 Å². The number of fused-ring (bicyclic) bond motifs is 1. The second-order valence-corrected chi connectivity index (χ2v) is 5.01. The lowest BCUT2D eigenvalue weighted by atomic mass is 10.0. The lowest BCUT2D eigenvalue weighted by molar-refractivity contribution is 0.318. The van der Waals surface area contributed by atoms with Crippen LogP contribution in [0.3, 0.4) is 0 Å². The van der Waals surface area contributed by atoms with Crippen LogP contribution < -0.4 is 10.6 Å². The number of hydrogen-bond acceptors (Lipinski definition) is 5. The van der Waals surface area contributed by atoms with Gasteiger partial charge in [0.2, 0.25) is 0 Å². The molecule has 21 heavy (non-hydrogen) atoms. The zero-order chi connectivity index (χ0) is 14.7. The van der Waals surface area contributed by atoms with E-state index < -0.39 is 0 Å². The molecule has 3 rings (SSSR count). The van der Waals surface area contributed by atoms with Gasteiger partial charge in [-0.3, -0.25) is 0 Å². The van der Waals surface area contributed by atoms with Crippen molar-refractivity contribution in [2.45, 2.75) is 19.4 Å². The highest BCUT2D eigenvalue weighted by atomic mass is 16.4. The molecule has 1 aromatic carbocycles. The van der Waals surface area contributed by atoms with Crippen LogP contribution in [-0.2, 0) is 13.0 Å². The van der Waals surface area contributed by atoms with Crippen molar-refractivity contribution in [3.63, 3.8) is 0 Å². The Kier molecular flexibility index (Phi) is 3.68. The molecule has 0 spiro atoms. The first kappa shape index (κ1) is 13.4. The predicted molar refractivity (Wildman–Crippen MR) is 80.4 cm³/mol. The zero-order valence-electron chi connectivity index (χ0n) is 11.6. The number of rotatable bonds is 2. The predicted octanol–water partition coefficient (Wildman–Crippen LogP) is 1.52. The molecular formula is C15H17N5O. The van der Waals surface area contributed by atoms with Gasteiger partial charge < -0.3 is 15.8 Å². The van der Waals surface area contributed by atoms with Gasteiger partial charge in [-0.05, 0) is 24.0 Å². The molecule has 0 atom stereocenters. The second kappa shape index (κ2) is 5.78. The minimum Gasteiger partial charge on any atom is -0.409 e. The molecule has 0 saturated carbocycles. The fourth-order valence-electron chi connectivity index (χ4n) is 2.67. The largest absolute Gasteiger partial charge is 0.409 e. The normalized spacial score (nSPS) is 15.4. The summed E-state index contributed by atoms with van der Waals surface area (Å²) in [7, 11) is 0. The molecule has 1 aromatic heterocycles. The summed E-state index contributed by atoms with van der Waals surface area (Å²) in [5.74, 6) is 0.639. The number of benzene rings is 1. The van der Waals surface area contributed by atoms with Crippen LogP contribution in [0.5, 0.6) is 0 Å². The molecule has 6 nitrogen and oxygen atoms in total. The van der Waals surface area contributed by atoms with Crippen molar-refractivity contribution in [3.05, 3.63) is 53.5 Å². The molecule has 108 valence electrons. The molecule has 1 aliphatic heterocycles. The number of nitrogens with zero attached hydrogens (tertiary/aromatic N) is 4. The summed E-state index contributed by atoms with van der Waals surface area (Å²) in [5.41, 5.74) is 8.78. The van der Waals surface area contributed by atoms with Crippen LogP contribution in [0.4, 0.5) is 5.82 Å². The summed E-state index contributed by atoms with van der Waals surface area (Å²) in [5, 5.41) is 11.9. The number of amidine groups is 1. The first-order valence-electron chi connectivity index (χ1n) is 6.90. The fourth-order valence-corrected chi connectivity index (χ4v) is 2.67. The van der Waals surface area contributed by atoms with Crippen molar-refractivity contribution in [3.8, 4) is 0 Å². The topological polar surface area (TPSA) is 87.6 Å². The molecule has 0 fully saturated rings. The summed E-state index contributed by atoms with van der Waals surface area (Å²) in [4.78, 5) is 10.7. The minimum absolute atomic E-state index is 0.0179. The van der Waals surface area contributed by atoms with Crippen molar-refractivity contribution >= 4 is 11.7 Å². The average Bonchev–Trinajstić information content (AvgIpc) is 2.76. The molecule has 0 aliphatic carbocycles. The smallest absolute Gasteiger partial charge is 0.192 e. The zero-order valence-corrected chi connectivity index (χ0v) is 11.6. The maximum Gasteiger partial charge on any atom is 0.192 e. The van der Waals surface area contributed by atoms with E-state index in [0.29, 0.717) is 11.5 Å². The summed E-state index contributed by atoms with van der Waals surface area (Å²) in [6, 6.07) is 8.41. The maximum atomic E-state index is 8.90. The summed E-state index contributed by atoms with van der Waals surface area (Å²) in [6.45, 7) is 1.61. The lowest BCUT2D eigenvalue weighted by Gasteiger charge is -2.23. The van der Waals surface area contributed by atoms with Crippen LogP contribution in [0.25, 0.3) is 0 Å². The van der Waals surface area contributed by atoms with Gasteiger partial charge in [0, 0.05) is 25.5 Å². The van der Waals surface area contributed by atoms with Crippen LogP contribution in [0.1, 0.15) is 23.2 Å². The Bertz CT molecular complexity index is 671. The number of nitrogens with two attached hydrogens (primary N) is 1. The van der Waals surface area contributed by atoms with Gasteiger partial charge in [0.05, 0.1) is 0 Å². The highest BCUT2D eigenvalue weighted by molar-refractivity contribution is 5.99. The average molecular weight is 283 g/mol. The number of anilines is 1. The number of hydrogen-bond donors (Lipinski definition) is 2. The molecule has 2 heterocycles. The van der Waals surface area contributed by atoms with E-state index >= 15 is 0 Å². The van der Waals surface area contributed by atoms with Crippen LogP contribution in [0.2, 0.25) is 0 Å². The molecule has 0 amide bonds. The third-order valence-electron chi connectivity index (χ3n) is 3.68. The van der Waals surface area contributed by atoms with Crippen molar-refractivity contribution in [2.24, 2.45) is 10.9 Å². The Morgan fingerprint density at radius 3 is 2.76 bits per heavy atom. The Balaban J connectivity index is 1.98. The fraction of sp³-hybridized carbons (Fsp3) is 0.267. The highest BCUT2D eigenvalue weighted by Gasteiger charge is 2.20. The third-order valence-corrected chi connectivity index (χ3v) is 3.68. The van der Waals surface area contributed by atoms with E-state index in [1.807, 2.05) is 6.07 Å². The molecule has 1 aliphatic rings. The molecule has 3 N–H and O–H groups in total. The van der Waals surface area contributed by atoms with Crippen LogP contribution in [0, 0.1) is 0 Å². The van der Waals surface area contributed by atoms with E-state index in [1.165, 1.54) is 11.1 Å². The Morgan fingerprint density at radius 2 is 1.95 bits per heavy atom. The molecule has 6 heteroatoms. The minimum atomic E-state index is -0.0179. The van der Waals surface area contributed by atoms with E-state index in [0.717, 1.165) is 25.9 Å². The van der Waals surface area contributed by atoms with Gasteiger partial charge in [0.1, 0.15) is 0 Å². The number of oxime groups is 1. The molecule has 0 bridgehead atoms. The number of aromatic nitrogens is 2. The second-order valence-electron chi connectivity index (χ2n) is 5.01. The third kappa shape index (κ3) is 2.65. The SMILES string of the molecule is NC(=NO)c1nccnc1N1CCCc2ccccc2C1. The van der Waals surface area contributed by atoms with Crippen molar-refractivity contribution in [1.29, 1.82) is 0 Å². The van der Waals surface area contributed by atoms with E-state index in [1.54, 1.807) is 12.4 Å². The quantitative estimate of drug-likeness (QED) is 0.377. The highest BCUT2D eigenvalue weighted by Crippen LogP contribution is 2.24. The summed E-state index contributed by atoms with van der Waals surface area (Å²) in [6.07, 6.45) is 5.25. The van der Waals surface area contributed by atoms with Gasteiger partial charge in [-0.1, -0.05) is 29.4 Å². The van der Waals surface area contributed by atoms with E-state index in [9.17, 15) is 0 Å². The van der Waals surface area contributed by atoms with Gasteiger partial charge in [0.15, 0.2) is 17.3 Å². The summed E-state index contributed by atoms with van der Waals surface area (Å²) < 4.78 is 0. The van der Waals surface area contributed by atoms with E-state index in [-0.39, 0.29) is 5.84 Å². The van der Waals surface area contributed by atoms with Crippen molar-refractivity contribution < 1.29 is 5.21 Å². The van der Waals surface area contributed by atoms with Gasteiger partial charge in [0.25, 0.3) is 0 Å². The summed E-state index contributed by atoms with van der Waals surface area (Å²) >= 11 is 0. The van der Waals surface area contributed by atoms with E-state index in [4.69, 9.17) is 10.9 Å². The van der Waals surface area contributed by atoms with Crippen molar-refractivity contribution in [1.82, 2.24) is 9.97 Å². The van der Waals surface area contributed by atoms with Crippen molar-refractivity contribution in [2.75, 3.05) is 11.4 Å². The molecular weight excluding hydrogens is 266 g/mol. The molecule has 2 aromatic rings. The standard InChI is InChI=1S/C15H17N5O/c16-14(19-21)13-15(18-8-7-17-13)20-9-3-6-11-4-1-2-5-12(11)10-20/h1-2,4-5,7-8,21H,3,6,9-10H2,(H2,16,19). The Morgan fingerprint density at radius 1 is 1.19 bits per heavy atom. The van der Waals surface area contributed by atoms with E-state index in [2.05, 4.69) is 38.2 Å². The molecule has 0 saturated heterocycles. The van der Waals surface area contributed by atoms with Crippen LogP contribution >= 0.6 is 0 Å². The lowest BCUT2D eigenvalue weighted by Crippen LogP contribution is -2.28. The van der Waals surface area contributed by atoms with Gasteiger partial charge in [-0.25, -0.2) is 9.97 Å². The Labute approximate surface area is 122 Å². The first-order valence-corrected chi connectivity index (χ1v) is 6.90. The number of aryl methyl sites for hydroxylation is 1. The first-order chi connectivity index (χ1) is 10.3. The monoisotopic (exact) mass is 283 g/mol. The van der Waals surface area contributed by atoms with Gasteiger partial charge >= 0.3 is 0 Å². The Hall–Kier alpha value is -2.63. The van der Waals surface area contributed by atoms with Crippen LogP contribution in [0.15, 0.2) is 41.8 Å². The van der Waals surface area contributed by atoms with Crippen LogP contribution in [-0.4, -0.2) is 27.6 Å².